The molecule has 15 heavy (non-hydrogen) atoms. The van der Waals surface area contributed by atoms with Crippen molar-refractivity contribution in [1.29, 1.82) is 0 Å². The molecule has 2 aliphatic rings. The Balaban J connectivity index is 2.03. The van der Waals surface area contributed by atoms with Crippen LogP contribution >= 0.6 is 0 Å². The minimum Gasteiger partial charge on any atom is -0.329 e. The first-order valence-corrected chi connectivity index (χ1v) is 7.61. The monoisotopic (exact) mass is 232 g/mol. The average molecular weight is 232 g/mol. The predicted octanol–water partition coefficient (Wildman–Crippen LogP) is -0.0133. The van der Waals surface area contributed by atoms with Crippen LogP contribution in [0.25, 0.3) is 0 Å². The fourth-order valence-corrected chi connectivity index (χ4v) is 4.54. The second-order valence-corrected chi connectivity index (χ2v) is 6.91. The zero-order valence-electron chi connectivity index (χ0n) is 9.06. The topological polar surface area (TPSA) is 63.4 Å². The van der Waals surface area contributed by atoms with Crippen molar-refractivity contribution in [1.82, 2.24) is 4.90 Å². The molecule has 5 heteroatoms. The maximum absolute atomic E-state index is 11.4. The maximum Gasteiger partial charge on any atom is 0.151 e. The molecule has 0 aromatic heterocycles. The Hall–Kier alpha value is -0.130. The van der Waals surface area contributed by atoms with E-state index in [9.17, 15) is 8.42 Å². The summed E-state index contributed by atoms with van der Waals surface area (Å²) >= 11 is 0. The van der Waals surface area contributed by atoms with E-state index in [1.165, 1.54) is 12.8 Å². The Bertz CT molecular complexity index is 315. The van der Waals surface area contributed by atoms with Gasteiger partial charge >= 0.3 is 0 Å². The third kappa shape index (κ3) is 2.52. The van der Waals surface area contributed by atoms with Crippen molar-refractivity contribution in [2.45, 2.75) is 37.8 Å². The molecular formula is C10H20N2O2S. The third-order valence-electron chi connectivity index (χ3n) is 3.62. The SMILES string of the molecule is NCC1CCCCN1C1CCS(=O)(=O)C1. The number of likely N-dealkylation sites (tertiary alicyclic amines) is 1. The zero-order valence-corrected chi connectivity index (χ0v) is 9.88. The normalized spacial score (nSPS) is 36.9. The van der Waals surface area contributed by atoms with Crippen molar-refractivity contribution in [3.05, 3.63) is 0 Å². The molecule has 2 heterocycles. The standard InChI is InChI=1S/C10H20N2O2S/c11-7-9-3-1-2-5-12(9)10-4-6-15(13,14)8-10/h9-10H,1-8,11H2. The van der Waals surface area contributed by atoms with Crippen LogP contribution in [0.3, 0.4) is 0 Å². The van der Waals surface area contributed by atoms with Gasteiger partial charge in [0.15, 0.2) is 9.84 Å². The molecule has 2 unspecified atom stereocenters. The number of piperidine rings is 1. The number of hydrogen-bond donors (Lipinski definition) is 1. The highest BCUT2D eigenvalue weighted by Gasteiger charge is 2.35. The largest absolute Gasteiger partial charge is 0.329 e. The Labute approximate surface area is 91.7 Å². The number of nitrogens with two attached hydrogens (primary N) is 1. The molecule has 0 radical (unpaired) electrons. The van der Waals surface area contributed by atoms with Crippen LogP contribution in [0.4, 0.5) is 0 Å². The lowest BCUT2D eigenvalue weighted by Crippen LogP contribution is -2.50. The highest BCUT2D eigenvalue weighted by atomic mass is 32.2. The van der Waals surface area contributed by atoms with Crippen LogP contribution in [-0.4, -0.2) is 50.0 Å². The molecule has 0 amide bonds. The fraction of sp³-hybridized carbons (Fsp3) is 1.00. The smallest absolute Gasteiger partial charge is 0.151 e. The Kier molecular flexibility index (Phi) is 3.33. The van der Waals surface area contributed by atoms with Gasteiger partial charge < -0.3 is 5.73 Å². The van der Waals surface area contributed by atoms with E-state index in [2.05, 4.69) is 4.90 Å². The average Bonchev–Trinajstić information content (AvgIpc) is 2.59. The lowest BCUT2D eigenvalue weighted by molar-refractivity contribution is 0.111. The highest BCUT2D eigenvalue weighted by Crippen LogP contribution is 2.25. The fourth-order valence-electron chi connectivity index (χ4n) is 2.79. The van der Waals surface area contributed by atoms with Crippen LogP contribution in [0.15, 0.2) is 0 Å². The van der Waals surface area contributed by atoms with Crippen LogP contribution in [0.5, 0.6) is 0 Å². The Morgan fingerprint density at radius 1 is 1.27 bits per heavy atom. The van der Waals surface area contributed by atoms with Gasteiger partial charge in [0.25, 0.3) is 0 Å². The first-order chi connectivity index (χ1) is 7.12. The lowest BCUT2D eigenvalue weighted by Gasteiger charge is -2.38. The van der Waals surface area contributed by atoms with Crippen molar-refractivity contribution in [3.8, 4) is 0 Å². The van der Waals surface area contributed by atoms with Crippen LogP contribution in [0.1, 0.15) is 25.7 Å². The van der Waals surface area contributed by atoms with E-state index in [4.69, 9.17) is 5.73 Å². The first kappa shape index (κ1) is 11.4. The second kappa shape index (κ2) is 4.39. The number of sulfone groups is 1. The van der Waals surface area contributed by atoms with E-state index in [0.717, 1.165) is 19.4 Å². The number of nitrogens with zero attached hydrogens (tertiary/aromatic N) is 1. The van der Waals surface area contributed by atoms with Gasteiger partial charge in [-0.25, -0.2) is 8.42 Å². The number of rotatable bonds is 2. The molecule has 2 aliphatic heterocycles. The van der Waals surface area contributed by atoms with E-state index >= 15 is 0 Å². The van der Waals surface area contributed by atoms with Crippen LogP contribution in [0.2, 0.25) is 0 Å². The van der Waals surface area contributed by atoms with Gasteiger partial charge in [-0.1, -0.05) is 6.42 Å². The summed E-state index contributed by atoms with van der Waals surface area (Å²) in [5.41, 5.74) is 5.74. The van der Waals surface area contributed by atoms with Crippen molar-refractivity contribution in [2.75, 3.05) is 24.6 Å². The molecule has 0 saturated carbocycles. The molecular weight excluding hydrogens is 212 g/mol. The van der Waals surface area contributed by atoms with E-state index in [1.54, 1.807) is 0 Å². The molecule has 0 spiro atoms. The molecule has 2 atom stereocenters. The Morgan fingerprint density at radius 3 is 2.67 bits per heavy atom. The molecule has 2 rings (SSSR count). The lowest BCUT2D eigenvalue weighted by atomic mass is 9.99. The molecule has 0 aromatic rings. The summed E-state index contributed by atoms with van der Waals surface area (Å²) in [5.74, 6) is 0.717. The predicted molar refractivity (Wildman–Crippen MR) is 60.5 cm³/mol. The summed E-state index contributed by atoms with van der Waals surface area (Å²) < 4.78 is 22.8. The summed E-state index contributed by atoms with van der Waals surface area (Å²) in [6.07, 6.45) is 4.36. The Morgan fingerprint density at radius 2 is 2.07 bits per heavy atom. The minimum absolute atomic E-state index is 0.240. The highest BCUT2D eigenvalue weighted by molar-refractivity contribution is 7.91. The van der Waals surface area contributed by atoms with Gasteiger partial charge in [0.05, 0.1) is 11.5 Å². The summed E-state index contributed by atoms with van der Waals surface area (Å²) in [6.45, 7) is 1.69. The molecule has 2 saturated heterocycles. The van der Waals surface area contributed by atoms with E-state index < -0.39 is 9.84 Å². The summed E-state index contributed by atoms with van der Waals surface area (Å²) in [7, 11) is -2.76. The summed E-state index contributed by atoms with van der Waals surface area (Å²) in [4.78, 5) is 2.34. The molecule has 2 fully saturated rings. The summed E-state index contributed by atoms with van der Waals surface area (Å²) in [6, 6.07) is 0.654. The van der Waals surface area contributed by atoms with Crippen LogP contribution in [0, 0.1) is 0 Å². The second-order valence-electron chi connectivity index (χ2n) is 4.68. The van der Waals surface area contributed by atoms with E-state index in [1.807, 2.05) is 0 Å². The third-order valence-corrected chi connectivity index (χ3v) is 5.37. The van der Waals surface area contributed by atoms with E-state index in [-0.39, 0.29) is 6.04 Å². The first-order valence-electron chi connectivity index (χ1n) is 5.78. The van der Waals surface area contributed by atoms with Crippen molar-refractivity contribution < 1.29 is 8.42 Å². The minimum atomic E-state index is -2.76. The quantitative estimate of drug-likeness (QED) is 0.727. The zero-order chi connectivity index (χ0) is 10.9. The van der Waals surface area contributed by atoms with Gasteiger partial charge in [-0.15, -0.1) is 0 Å². The maximum atomic E-state index is 11.4. The molecule has 2 N–H and O–H groups in total. The van der Waals surface area contributed by atoms with Crippen LogP contribution < -0.4 is 5.73 Å². The van der Waals surface area contributed by atoms with Gasteiger partial charge in [0.1, 0.15) is 0 Å². The van der Waals surface area contributed by atoms with E-state index in [0.29, 0.717) is 24.1 Å². The van der Waals surface area contributed by atoms with Gasteiger partial charge in [-0.2, -0.15) is 0 Å². The molecule has 0 aromatic carbocycles. The van der Waals surface area contributed by atoms with Crippen LogP contribution in [-0.2, 0) is 9.84 Å². The van der Waals surface area contributed by atoms with Crippen molar-refractivity contribution in [3.63, 3.8) is 0 Å². The van der Waals surface area contributed by atoms with Crippen molar-refractivity contribution >= 4 is 9.84 Å². The molecule has 4 nitrogen and oxygen atoms in total. The van der Waals surface area contributed by atoms with Gasteiger partial charge in [-0.3, -0.25) is 4.90 Å². The molecule has 0 aliphatic carbocycles. The van der Waals surface area contributed by atoms with Gasteiger partial charge in [0.2, 0.25) is 0 Å². The van der Waals surface area contributed by atoms with Gasteiger partial charge in [0, 0.05) is 18.6 Å². The molecule has 88 valence electrons. The van der Waals surface area contributed by atoms with Crippen molar-refractivity contribution in [2.24, 2.45) is 5.73 Å². The van der Waals surface area contributed by atoms with Gasteiger partial charge in [-0.05, 0) is 25.8 Å². The number of hydrogen-bond acceptors (Lipinski definition) is 4. The summed E-state index contributed by atoms with van der Waals surface area (Å²) in [5, 5.41) is 0. The molecule has 0 bridgehead atoms.